The first-order chi connectivity index (χ1) is 9.92. The highest BCUT2D eigenvalue weighted by Gasteiger charge is 2.31. The van der Waals surface area contributed by atoms with Crippen LogP contribution in [0.15, 0.2) is 0 Å². The van der Waals surface area contributed by atoms with Crippen molar-refractivity contribution < 1.29 is 0 Å². The van der Waals surface area contributed by atoms with E-state index >= 15 is 0 Å². The molecule has 21 heavy (non-hydrogen) atoms. The zero-order chi connectivity index (χ0) is 15.0. The van der Waals surface area contributed by atoms with Crippen LogP contribution < -0.4 is 10.2 Å². The molecule has 1 aliphatic heterocycles. The third-order valence-electron chi connectivity index (χ3n) is 4.23. The van der Waals surface area contributed by atoms with Crippen LogP contribution in [0.4, 0.5) is 5.13 Å². The lowest BCUT2D eigenvalue weighted by Crippen LogP contribution is -2.44. The molecule has 0 aromatic carbocycles. The van der Waals surface area contributed by atoms with Gasteiger partial charge in [0.1, 0.15) is 0 Å². The molecule has 2 aliphatic rings. The van der Waals surface area contributed by atoms with Crippen LogP contribution in [0, 0.1) is 0 Å². The van der Waals surface area contributed by atoms with E-state index in [1.54, 1.807) is 0 Å². The highest BCUT2D eigenvalue weighted by Crippen LogP contribution is 2.44. The second-order valence-corrected chi connectivity index (χ2v) is 8.54. The zero-order valence-corrected chi connectivity index (χ0v) is 14.6. The van der Waals surface area contributed by atoms with E-state index in [-0.39, 0.29) is 5.54 Å². The van der Waals surface area contributed by atoms with Gasteiger partial charge < -0.3 is 15.1 Å². The number of likely N-dealkylation sites (N-methyl/N-ethyl adjacent to an activating group) is 1. The Hall–Kier alpha value is -0.650. The summed E-state index contributed by atoms with van der Waals surface area (Å²) < 4.78 is 0. The molecule has 0 radical (unpaired) electrons. The van der Waals surface area contributed by atoms with Gasteiger partial charge in [0.05, 0.1) is 5.69 Å². The number of nitrogens with one attached hydrogen (secondary N) is 1. The summed E-state index contributed by atoms with van der Waals surface area (Å²) in [6, 6.07) is 0. The maximum atomic E-state index is 5.01. The molecule has 0 unspecified atom stereocenters. The van der Waals surface area contributed by atoms with Crippen molar-refractivity contribution in [3.8, 4) is 0 Å². The monoisotopic (exact) mass is 308 g/mol. The van der Waals surface area contributed by atoms with Gasteiger partial charge in [-0.2, -0.15) is 0 Å². The fourth-order valence-corrected chi connectivity index (χ4v) is 3.77. The molecule has 0 atom stereocenters. The summed E-state index contributed by atoms with van der Waals surface area (Å²) in [5, 5.41) is 4.87. The van der Waals surface area contributed by atoms with Gasteiger partial charge in [0.25, 0.3) is 0 Å². The minimum absolute atomic E-state index is 0.165. The maximum absolute atomic E-state index is 5.01. The zero-order valence-electron chi connectivity index (χ0n) is 13.8. The highest BCUT2D eigenvalue weighted by atomic mass is 32.1. The van der Waals surface area contributed by atoms with Gasteiger partial charge in [-0.05, 0) is 40.7 Å². The minimum atomic E-state index is 0.165. The molecule has 1 aromatic heterocycles. The molecule has 1 saturated heterocycles. The molecule has 0 spiro atoms. The van der Waals surface area contributed by atoms with Crippen LogP contribution in [0.1, 0.15) is 50.1 Å². The molecule has 4 nitrogen and oxygen atoms in total. The Kier molecular flexibility index (Phi) is 4.26. The Balaban J connectivity index is 1.73. The lowest BCUT2D eigenvalue weighted by Gasteiger charge is -2.32. The third-order valence-corrected chi connectivity index (χ3v) is 5.37. The number of rotatable bonds is 4. The maximum Gasteiger partial charge on any atom is 0.185 e. The molecular formula is C16H28N4S. The van der Waals surface area contributed by atoms with Crippen LogP contribution in [0.3, 0.4) is 0 Å². The van der Waals surface area contributed by atoms with Crippen molar-refractivity contribution in [2.45, 2.75) is 51.6 Å². The highest BCUT2D eigenvalue weighted by molar-refractivity contribution is 7.15. The summed E-state index contributed by atoms with van der Waals surface area (Å²) in [6.07, 6.45) is 2.66. The molecular weight excluding hydrogens is 280 g/mol. The second kappa shape index (κ2) is 5.86. The Bertz CT molecular complexity index is 479. The average Bonchev–Trinajstić information content (AvgIpc) is 3.17. The van der Waals surface area contributed by atoms with Crippen molar-refractivity contribution in [1.29, 1.82) is 0 Å². The van der Waals surface area contributed by atoms with E-state index in [0.717, 1.165) is 38.6 Å². The summed E-state index contributed by atoms with van der Waals surface area (Å²) in [4.78, 5) is 11.3. The Morgan fingerprint density at radius 1 is 1.19 bits per heavy atom. The topological polar surface area (TPSA) is 31.4 Å². The number of piperazine rings is 1. The summed E-state index contributed by atoms with van der Waals surface area (Å²) in [5.41, 5.74) is 1.55. The van der Waals surface area contributed by atoms with Gasteiger partial charge in [0.2, 0.25) is 0 Å². The van der Waals surface area contributed by atoms with E-state index in [1.807, 2.05) is 11.3 Å². The van der Waals surface area contributed by atoms with Crippen LogP contribution in [0.25, 0.3) is 0 Å². The van der Waals surface area contributed by atoms with Crippen molar-refractivity contribution in [1.82, 2.24) is 15.2 Å². The number of hydrogen-bond acceptors (Lipinski definition) is 5. The number of anilines is 1. The van der Waals surface area contributed by atoms with Gasteiger partial charge >= 0.3 is 0 Å². The van der Waals surface area contributed by atoms with Crippen LogP contribution in [0.5, 0.6) is 0 Å². The smallest absolute Gasteiger partial charge is 0.185 e. The predicted molar refractivity (Wildman–Crippen MR) is 90.4 cm³/mol. The first-order valence-corrected chi connectivity index (χ1v) is 8.92. The van der Waals surface area contributed by atoms with Crippen molar-refractivity contribution >= 4 is 16.5 Å². The molecule has 3 rings (SSSR count). The SMILES string of the molecule is CN1CCN(c2nc(C3CC3)c(CNC(C)(C)C)s2)CC1. The molecule has 0 bridgehead atoms. The fraction of sp³-hybridized carbons (Fsp3) is 0.812. The molecule has 1 N–H and O–H groups in total. The molecule has 1 aliphatic carbocycles. The van der Waals surface area contributed by atoms with Gasteiger partial charge in [-0.3, -0.25) is 0 Å². The largest absolute Gasteiger partial charge is 0.346 e. The summed E-state index contributed by atoms with van der Waals surface area (Å²) in [6.45, 7) is 12.2. The van der Waals surface area contributed by atoms with E-state index < -0.39 is 0 Å². The standard InChI is InChI=1S/C16H28N4S/c1-16(2,3)17-11-13-14(12-5-6-12)18-15(21-13)20-9-7-19(4)8-10-20/h12,17H,5-11H2,1-4H3. The van der Waals surface area contributed by atoms with E-state index in [0.29, 0.717) is 0 Å². The van der Waals surface area contributed by atoms with Crippen molar-refractivity contribution in [2.24, 2.45) is 0 Å². The molecule has 1 aromatic rings. The van der Waals surface area contributed by atoms with Crippen LogP contribution >= 0.6 is 11.3 Å². The number of hydrogen-bond donors (Lipinski definition) is 1. The van der Waals surface area contributed by atoms with Gasteiger partial charge in [0.15, 0.2) is 5.13 Å². The molecule has 2 heterocycles. The summed E-state index contributed by atoms with van der Waals surface area (Å²) in [5.74, 6) is 0.735. The van der Waals surface area contributed by atoms with Crippen LogP contribution in [-0.4, -0.2) is 48.6 Å². The van der Waals surface area contributed by atoms with E-state index in [1.165, 1.54) is 28.5 Å². The first kappa shape index (κ1) is 15.3. The van der Waals surface area contributed by atoms with Crippen molar-refractivity contribution in [3.63, 3.8) is 0 Å². The van der Waals surface area contributed by atoms with Gasteiger partial charge in [-0.25, -0.2) is 4.98 Å². The predicted octanol–water partition coefficient (Wildman–Crippen LogP) is 2.66. The summed E-state index contributed by atoms with van der Waals surface area (Å²) in [7, 11) is 2.20. The van der Waals surface area contributed by atoms with Gasteiger partial charge in [-0.15, -0.1) is 11.3 Å². The minimum Gasteiger partial charge on any atom is -0.346 e. The first-order valence-electron chi connectivity index (χ1n) is 8.10. The molecule has 118 valence electrons. The van der Waals surface area contributed by atoms with E-state index in [2.05, 4.69) is 42.9 Å². The molecule has 0 amide bonds. The third kappa shape index (κ3) is 3.96. The quantitative estimate of drug-likeness (QED) is 0.926. The fourth-order valence-electron chi connectivity index (χ4n) is 2.63. The Morgan fingerprint density at radius 2 is 1.86 bits per heavy atom. The van der Waals surface area contributed by atoms with E-state index in [9.17, 15) is 0 Å². The van der Waals surface area contributed by atoms with Crippen LogP contribution in [0.2, 0.25) is 0 Å². The van der Waals surface area contributed by atoms with E-state index in [4.69, 9.17) is 4.98 Å². The lowest BCUT2D eigenvalue weighted by atomic mass is 10.1. The van der Waals surface area contributed by atoms with Crippen molar-refractivity contribution in [3.05, 3.63) is 10.6 Å². The molecule has 1 saturated carbocycles. The normalized spacial score (nSPS) is 21.0. The Morgan fingerprint density at radius 3 is 2.43 bits per heavy atom. The average molecular weight is 308 g/mol. The summed E-state index contributed by atoms with van der Waals surface area (Å²) >= 11 is 1.91. The number of nitrogens with zero attached hydrogens (tertiary/aromatic N) is 3. The molecule has 2 fully saturated rings. The Labute approximate surface area is 132 Å². The molecule has 5 heteroatoms. The number of thiazole rings is 1. The number of aromatic nitrogens is 1. The van der Waals surface area contributed by atoms with Crippen molar-refractivity contribution in [2.75, 3.05) is 38.1 Å². The van der Waals surface area contributed by atoms with Crippen LogP contribution in [-0.2, 0) is 6.54 Å². The second-order valence-electron chi connectivity index (χ2n) is 7.47. The van der Waals surface area contributed by atoms with Gasteiger partial charge in [-0.1, -0.05) is 0 Å². The van der Waals surface area contributed by atoms with Gasteiger partial charge in [0, 0.05) is 49.1 Å². The lowest BCUT2D eigenvalue weighted by molar-refractivity contribution is 0.312.